The van der Waals surface area contributed by atoms with E-state index in [-0.39, 0.29) is 11.7 Å². The summed E-state index contributed by atoms with van der Waals surface area (Å²) in [5, 5.41) is 9.12. The minimum absolute atomic E-state index is 0.113. The van der Waals surface area contributed by atoms with Gasteiger partial charge in [-0.3, -0.25) is 0 Å². The number of anilines is 3. The van der Waals surface area contributed by atoms with Crippen LogP contribution in [0.2, 0.25) is 0 Å². The molecule has 0 spiro atoms. The lowest BCUT2D eigenvalue weighted by Crippen LogP contribution is -2.32. The van der Waals surface area contributed by atoms with Gasteiger partial charge in [-0.1, -0.05) is 0 Å². The molecule has 9 nitrogen and oxygen atoms in total. The van der Waals surface area contributed by atoms with E-state index in [0.717, 1.165) is 0 Å². The molecular weight excluding hydrogens is 423 g/mol. The Balaban J connectivity index is 1.83. The number of benzene rings is 1. The van der Waals surface area contributed by atoms with E-state index in [2.05, 4.69) is 30.9 Å². The Kier molecular flexibility index (Phi) is 7.19. The van der Waals surface area contributed by atoms with Crippen LogP contribution in [0.4, 0.5) is 21.7 Å². The van der Waals surface area contributed by atoms with Crippen LogP contribution in [-0.4, -0.2) is 54.1 Å². The summed E-state index contributed by atoms with van der Waals surface area (Å²) in [6, 6.07) is 7.00. The summed E-state index contributed by atoms with van der Waals surface area (Å²) < 4.78 is 29.0. The first-order valence-corrected chi connectivity index (χ1v) is 9.74. The van der Waals surface area contributed by atoms with Crippen molar-refractivity contribution < 1.29 is 18.6 Å². The van der Waals surface area contributed by atoms with Gasteiger partial charge in [0.25, 0.3) is 0 Å². The number of nitrogens with zero attached hydrogens (tertiary/aromatic N) is 3. The predicted molar refractivity (Wildman–Crippen MR) is 122 cm³/mol. The number of methoxy groups -OCH3 is 3. The van der Waals surface area contributed by atoms with Crippen LogP contribution in [0.25, 0.3) is 11.2 Å². The number of ether oxygens (including phenoxy) is 3. The third-order valence-electron chi connectivity index (χ3n) is 4.13. The predicted octanol–water partition coefficient (Wildman–Crippen LogP) is 3.44. The second-order valence-corrected chi connectivity index (χ2v) is 6.86. The van der Waals surface area contributed by atoms with E-state index < -0.39 is 6.17 Å². The third-order valence-corrected chi connectivity index (χ3v) is 4.38. The minimum atomic E-state index is -1.01. The molecule has 0 saturated heterocycles. The number of pyridine rings is 1. The highest BCUT2D eigenvalue weighted by Crippen LogP contribution is 2.40. The van der Waals surface area contributed by atoms with Crippen molar-refractivity contribution >= 4 is 45.8 Å². The summed E-state index contributed by atoms with van der Waals surface area (Å²) in [5.41, 5.74) is 1.68. The third kappa shape index (κ3) is 5.57. The van der Waals surface area contributed by atoms with Gasteiger partial charge in [-0.15, -0.1) is 0 Å². The monoisotopic (exact) mass is 446 g/mol. The van der Waals surface area contributed by atoms with Gasteiger partial charge in [0.2, 0.25) is 5.75 Å². The van der Waals surface area contributed by atoms with Crippen LogP contribution in [0.1, 0.15) is 6.92 Å². The molecular formula is C20H23FN6O3S. The van der Waals surface area contributed by atoms with E-state index in [9.17, 15) is 4.39 Å². The zero-order valence-electron chi connectivity index (χ0n) is 17.5. The highest BCUT2D eigenvalue weighted by Gasteiger charge is 2.14. The van der Waals surface area contributed by atoms with Crippen LogP contribution in [0.3, 0.4) is 0 Å². The number of rotatable bonds is 8. The van der Waals surface area contributed by atoms with Gasteiger partial charge in [0, 0.05) is 24.4 Å². The molecule has 2 aromatic heterocycles. The van der Waals surface area contributed by atoms with E-state index in [4.69, 9.17) is 26.4 Å². The quantitative estimate of drug-likeness (QED) is 0.446. The van der Waals surface area contributed by atoms with E-state index in [1.165, 1.54) is 6.92 Å². The molecule has 3 N–H and O–H groups in total. The summed E-state index contributed by atoms with van der Waals surface area (Å²) in [6.07, 6.45) is 0.578. The van der Waals surface area contributed by atoms with Crippen molar-refractivity contribution in [3.8, 4) is 17.2 Å². The van der Waals surface area contributed by atoms with Crippen molar-refractivity contribution in [3.05, 3.63) is 30.5 Å². The molecule has 1 aromatic carbocycles. The molecule has 1 atom stereocenters. The number of nitrogens with one attached hydrogen (secondary N) is 3. The van der Waals surface area contributed by atoms with Gasteiger partial charge in [-0.2, -0.15) is 0 Å². The molecule has 0 aliphatic rings. The average molecular weight is 447 g/mol. The highest BCUT2D eigenvalue weighted by atomic mass is 32.1. The van der Waals surface area contributed by atoms with Crippen LogP contribution < -0.4 is 30.2 Å². The zero-order valence-corrected chi connectivity index (χ0v) is 18.3. The maximum absolute atomic E-state index is 13.0. The van der Waals surface area contributed by atoms with Gasteiger partial charge in [0.15, 0.2) is 28.1 Å². The lowest BCUT2D eigenvalue weighted by atomic mass is 10.2. The van der Waals surface area contributed by atoms with E-state index in [1.807, 2.05) is 0 Å². The fourth-order valence-electron chi connectivity index (χ4n) is 2.72. The largest absolute Gasteiger partial charge is 0.493 e. The first kappa shape index (κ1) is 22.2. The fourth-order valence-corrected chi connectivity index (χ4v) is 2.91. The van der Waals surface area contributed by atoms with Crippen LogP contribution >= 0.6 is 12.2 Å². The van der Waals surface area contributed by atoms with Crippen molar-refractivity contribution in [3.63, 3.8) is 0 Å². The molecule has 0 aliphatic carbocycles. The normalized spacial score (nSPS) is 11.5. The standard InChI is InChI=1S/C20H23FN6O3S/c1-11(21)9-23-20(31)27-16-6-5-13-19(25-16)26-17(10-22-13)24-12-7-14(28-2)18(30-4)15(8-12)29-3/h5-8,10-11H,9H2,1-4H3,(H3,23,24,25,26,27,31). The van der Waals surface area contributed by atoms with E-state index in [0.29, 0.717) is 45.7 Å². The van der Waals surface area contributed by atoms with Gasteiger partial charge in [0.1, 0.15) is 17.5 Å². The summed E-state index contributed by atoms with van der Waals surface area (Å²) in [5.74, 6) is 2.44. The number of thiocarbonyl (C=S) groups is 1. The van der Waals surface area contributed by atoms with Crippen molar-refractivity contribution in [1.82, 2.24) is 20.3 Å². The molecule has 3 rings (SSSR count). The maximum Gasteiger partial charge on any atom is 0.203 e. The molecule has 2 heterocycles. The number of fused-ring (bicyclic) bond motifs is 1. The molecule has 0 fully saturated rings. The second-order valence-electron chi connectivity index (χ2n) is 6.45. The number of aromatic nitrogens is 3. The maximum atomic E-state index is 13.0. The zero-order chi connectivity index (χ0) is 22.4. The van der Waals surface area contributed by atoms with Crippen LogP contribution in [0.5, 0.6) is 17.2 Å². The van der Waals surface area contributed by atoms with Crippen molar-refractivity contribution in [2.75, 3.05) is 38.5 Å². The molecule has 11 heteroatoms. The molecule has 164 valence electrons. The van der Waals surface area contributed by atoms with Crippen molar-refractivity contribution in [1.29, 1.82) is 0 Å². The Morgan fingerprint density at radius 2 is 1.74 bits per heavy atom. The highest BCUT2D eigenvalue weighted by molar-refractivity contribution is 7.80. The molecule has 0 saturated carbocycles. The van der Waals surface area contributed by atoms with E-state index >= 15 is 0 Å². The Hall–Kier alpha value is -3.47. The Labute approximate surface area is 184 Å². The Bertz CT molecular complexity index is 1060. The van der Waals surface area contributed by atoms with Crippen LogP contribution in [-0.2, 0) is 0 Å². The summed E-state index contributed by atoms with van der Waals surface area (Å²) in [4.78, 5) is 13.3. The van der Waals surface area contributed by atoms with Gasteiger partial charge in [-0.25, -0.2) is 19.3 Å². The molecule has 0 bridgehead atoms. The molecule has 0 aliphatic heterocycles. The summed E-state index contributed by atoms with van der Waals surface area (Å²) in [7, 11) is 4.63. The summed E-state index contributed by atoms with van der Waals surface area (Å²) in [6.45, 7) is 1.56. The van der Waals surface area contributed by atoms with E-state index in [1.54, 1.807) is 51.8 Å². The van der Waals surface area contributed by atoms with Crippen LogP contribution in [0.15, 0.2) is 30.5 Å². The Morgan fingerprint density at radius 1 is 1.06 bits per heavy atom. The van der Waals surface area contributed by atoms with Crippen molar-refractivity contribution in [2.24, 2.45) is 0 Å². The lowest BCUT2D eigenvalue weighted by molar-refractivity contribution is 0.324. The van der Waals surface area contributed by atoms with Crippen molar-refractivity contribution in [2.45, 2.75) is 13.1 Å². The SMILES string of the molecule is COc1cc(Nc2cnc3ccc(NC(=S)NCC(C)F)nc3n2)cc(OC)c1OC. The van der Waals surface area contributed by atoms with Crippen LogP contribution in [0, 0.1) is 0 Å². The Morgan fingerprint density at radius 3 is 2.35 bits per heavy atom. The topological polar surface area (TPSA) is 102 Å². The molecule has 0 radical (unpaired) electrons. The first-order chi connectivity index (χ1) is 14.9. The molecule has 0 amide bonds. The molecule has 3 aromatic rings. The number of hydrogen-bond acceptors (Lipinski definition) is 8. The smallest absolute Gasteiger partial charge is 0.203 e. The lowest BCUT2D eigenvalue weighted by Gasteiger charge is -2.15. The average Bonchev–Trinajstić information content (AvgIpc) is 2.76. The summed E-state index contributed by atoms with van der Waals surface area (Å²) >= 11 is 5.15. The molecule has 31 heavy (non-hydrogen) atoms. The number of hydrogen-bond donors (Lipinski definition) is 3. The first-order valence-electron chi connectivity index (χ1n) is 9.33. The minimum Gasteiger partial charge on any atom is -0.493 e. The van der Waals surface area contributed by atoms with Gasteiger partial charge in [-0.05, 0) is 31.3 Å². The molecule has 1 unspecified atom stereocenters. The number of halogens is 1. The van der Waals surface area contributed by atoms with Gasteiger partial charge in [0.05, 0.1) is 27.5 Å². The van der Waals surface area contributed by atoms with Gasteiger partial charge >= 0.3 is 0 Å². The fraction of sp³-hybridized carbons (Fsp3) is 0.300. The number of alkyl halides is 1. The second kappa shape index (κ2) is 10.0. The van der Waals surface area contributed by atoms with Gasteiger partial charge < -0.3 is 30.2 Å².